The number of rotatable bonds is 7. The van der Waals surface area contributed by atoms with Crippen LogP contribution in [0.1, 0.15) is 36.5 Å². The molecule has 1 aromatic heterocycles. The van der Waals surface area contributed by atoms with Crippen molar-refractivity contribution in [3.8, 4) is 5.75 Å². The van der Waals surface area contributed by atoms with Crippen LogP contribution in [0, 0.1) is 12.8 Å². The minimum absolute atomic E-state index is 0.0954. The summed E-state index contributed by atoms with van der Waals surface area (Å²) in [6.45, 7) is 6.05. The van der Waals surface area contributed by atoms with Crippen molar-refractivity contribution in [2.45, 2.75) is 33.2 Å². The Bertz CT molecular complexity index is 1450. The quantitative estimate of drug-likeness (QED) is 0.206. The summed E-state index contributed by atoms with van der Waals surface area (Å²) >= 11 is 6.92. The lowest BCUT2D eigenvalue weighted by atomic mass is 9.96. The molecule has 2 aromatic carbocycles. The van der Waals surface area contributed by atoms with Crippen LogP contribution in [-0.4, -0.2) is 52.9 Å². The van der Waals surface area contributed by atoms with E-state index in [0.29, 0.717) is 48.3 Å². The summed E-state index contributed by atoms with van der Waals surface area (Å²) in [4.78, 5) is 35.2. The number of amides is 1. The van der Waals surface area contributed by atoms with E-state index in [1.807, 2.05) is 43.3 Å². The predicted molar refractivity (Wildman–Crippen MR) is 160 cm³/mol. The third kappa shape index (κ3) is 5.94. The van der Waals surface area contributed by atoms with Gasteiger partial charge in [-0.1, -0.05) is 47.7 Å². The number of pyridine rings is 1. The number of anilines is 1. The van der Waals surface area contributed by atoms with Gasteiger partial charge in [0.05, 0.1) is 36.6 Å². The monoisotopic (exact) mass is 561 g/mol. The molecule has 2 fully saturated rings. The molecule has 7 nitrogen and oxygen atoms in total. The van der Waals surface area contributed by atoms with Gasteiger partial charge in [-0.15, -0.1) is 0 Å². The highest BCUT2D eigenvalue weighted by Crippen LogP contribution is 2.37. The first-order chi connectivity index (χ1) is 18.9. The number of methoxy groups -OCH3 is 1. The van der Waals surface area contributed by atoms with E-state index in [2.05, 4.69) is 30.0 Å². The standard InChI is InChI=1S/C30H31N3O4S2/c1-4-37-29(35)21-11-13-32(14-12-21)27-23(16-22-15-19(2)5-10-25(22)31-27)17-26-28(34)33(30(38)39-26)18-20-6-8-24(36-3)9-7-20/h5-10,15-17,21H,4,11-14,18H2,1-3H3/b26-17-. The van der Waals surface area contributed by atoms with Crippen LogP contribution in [-0.2, 0) is 20.9 Å². The van der Waals surface area contributed by atoms with Gasteiger partial charge in [-0.2, -0.15) is 0 Å². The van der Waals surface area contributed by atoms with Gasteiger partial charge in [0.2, 0.25) is 0 Å². The maximum atomic E-state index is 13.5. The van der Waals surface area contributed by atoms with Crippen molar-refractivity contribution >= 4 is 63.0 Å². The Morgan fingerprint density at radius 2 is 1.90 bits per heavy atom. The molecule has 3 aromatic rings. The fourth-order valence-electron chi connectivity index (χ4n) is 4.94. The number of esters is 1. The first-order valence-electron chi connectivity index (χ1n) is 13.1. The molecule has 0 aliphatic carbocycles. The maximum absolute atomic E-state index is 13.5. The van der Waals surface area contributed by atoms with Crippen LogP contribution in [0.25, 0.3) is 17.0 Å². The van der Waals surface area contributed by atoms with Crippen molar-refractivity contribution < 1.29 is 19.1 Å². The lowest BCUT2D eigenvalue weighted by molar-refractivity contribution is -0.148. The molecule has 3 heterocycles. The molecule has 2 saturated heterocycles. The summed E-state index contributed by atoms with van der Waals surface area (Å²) in [6.07, 6.45) is 3.32. The van der Waals surface area contributed by atoms with Crippen molar-refractivity contribution in [2.24, 2.45) is 5.92 Å². The fraction of sp³-hybridized carbons (Fsp3) is 0.333. The zero-order valence-electron chi connectivity index (χ0n) is 22.3. The molecule has 0 spiro atoms. The summed E-state index contributed by atoms with van der Waals surface area (Å²) < 4.78 is 11.0. The molecule has 1 amide bonds. The SMILES string of the molecule is CCOC(=O)C1CCN(c2nc3ccc(C)cc3cc2/C=C2\SC(=S)N(Cc3ccc(OC)cc3)C2=O)CC1. The minimum atomic E-state index is -0.125. The molecule has 5 rings (SSSR count). The molecule has 0 N–H and O–H groups in total. The van der Waals surface area contributed by atoms with Crippen molar-refractivity contribution in [3.63, 3.8) is 0 Å². The number of aryl methyl sites for hydroxylation is 1. The normalized spacial score (nSPS) is 17.4. The Balaban J connectivity index is 1.44. The number of piperidine rings is 1. The molecule has 2 aliphatic heterocycles. The number of hydrogen-bond donors (Lipinski definition) is 0. The highest BCUT2D eigenvalue weighted by atomic mass is 32.2. The number of thioether (sulfide) groups is 1. The number of thiocarbonyl (C=S) groups is 1. The number of nitrogens with zero attached hydrogens (tertiary/aromatic N) is 3. The van der Waals surface area contributed by atoms with E-state index in [-0.39, 0.29) is 17.8 Å². The molecule has 202 valence electrons. The molecule has 0 unspecified atom stereocenters. The summed E-state index contributed by atoms with van der Waals surface area (Å²) in [5.74, 6) is 1.25. The van der Waals surface area contributed by atoms with E-state index in [1.165, 1.54) is 11.8 Å². The van der Waals surface area contributed by atoms with Gasteiger partial charge in [-0.3, -0.25) is 14.5 Å². The van der Waals surface area contributed by atoms with Crippen molar-refractivity contribution in [1.29, 1.82) is 0 Å². The van der Waals surface area contributed by atoms with E-state index in [1.54, 1.807) is 12.0 Å². The second kappa shape index (κ2) is 11.8. The van der Waals surface area contributed by atoms with Crippen LogP contribution in [0.3, 0.4) is 0 Å². The highest BCUT2D eigenvalue weighted by molar-refractivity contribution is 8.26. The lowest BCUT2D eigenvalue weighted by Crippen LogP contribution is -2.37. The van der Waals surface area contributed by atoms with Crippen LogP contribution in [0.4, 0.5) is 5.82 Å². The van der Waals surface area contributed by atoms with Gasteiger partial charge in [0.15, 0.2) is 0 Å². The van der Waals surface area contributed by atoms with Crippen LogP contribution in [0.5, 0.6) is 5.75 Å². The first kappa shape index (κ1) is 27.1. The Labute approximate surface area is 238 Å². The van der Waals surface area contributed by atoms with E-state index >= 15 is 0 Å². The number of fused-ring (bicyclic) bond motifs is 1. The highest BCUT2D eigenvalue weighted by Gasteiger charge is 2.33. The van der Waals surface area contributed by atoms with E-state index in [4.69, 9.17) is 26.7 Å². The smallest absolute Gasteiger partial charge is 0.309 e. The Morgan fingerprint density at radius 1 is 1.15 bits per heavy atom. The molecule has 0 radical (unpaired) electrons. The number of benzene rings is 2. The molecule has 0 saturated carbocycles. The van der Waals surface area contributed by atoms with Gasteiger partial charge >= 0.3 is 5.97 Å². The van der Waals surface area contributed by atoms with Crippen molar-refractivity contribution in [3.05, 3.63) is 70.1 Å². The fourth-order valence-corrected chi connectivity index (χ4v) is 6.19. The zero-order valence-corrected chi connectivity index (χ0v) is 23.9. The first-order valence-corrected chi connectivity index (χ1v) is 14.3. The summed E-state index contributed by atoms with van der Waals surface area (Å²) in [7, 11) is 1.63. The predicted octanol–water partition coefficient (Wildman–Crippen LogP) is 5.73. The van der Waals surface area contributed by atoms with Crippen molar-refractivity contribution in [1.82, 2.24) is 9.88 Å². The molecular weight excluding hydrogens is 530 g/mol. The number of aromatic nitrogens is 1. The summed E-state index contributed by atoms with van der Waals surface area (Å²) in [6, 6.07) is 15.9. The van der Waals surface area contributed by atoms with Crippen molar-refractivity contribution in [2.75, 3.05) is 31.7 Å². The van der Waals surface area contributed by atoms with Gasteiger partial charge in [0.1, 0.15) is 15.9 Å². The van der Waals surface area contributed by atoms with E-state index in [9.17, 15) is 9.59 Å². The van der Waals surface area contributed by atoms with Gasteiger partial charge in [0, 0.05) is 24.0 Å². The second-order valence-electron chi connectivity index (χ2n) is 9.73. The summed E-state index contributed by atoms with van der Waals surface area (Å²) in [5, 5.41) is 1.01. The average molecular weight is 562 g/mol. The van der Waals surface area contributed by atoms with Gasteiger partial charge in [-0.05, 0) is 68.7 Å². The minimum Gasteiger partial charge on any atom is -0.497 e. The maximum Gasteiger partial charge on any atom is 0.309 e. The van der Waals surface area contributed by atoms with E-state index in [0.717, 1.165) is 39.2 Å². The number of ether oxygens (including phenoxy) is 2. The van der Waals surface area contributed by atoms with E-state index < -0.39 is 0 Å². The van der Waals surface area contributed by atoms with Crippen LogP contribution >= 0.6 is 24.0 Å². The van der Waals surface area contributed by atoms with Crippen LogP contribution in [0.2, 0.25) is 0 Å². The molecule has 2 aliphatic rings. The molecule has 0 bridgehead atoms. The Morgan fingerprint density at radius 3 is 2.59 bits per heavy atom. The molecule has 0 atom stereocenters. The topological polar surface area (TPSA) is 72.0 Å². The number of hydrogen-bond acceptors (Lipinski definition) is 8. The average Bonchev–Trinajstić information content (AvgIpc) is 3.20. The largest absolute Gasteiger partial charge is 0.497 e. The van der Waals surface area contributed by atoms with Crippen LogP contribution < -0.4 is 9.64 Å². The number of carbonyl (C=O) groups is 2. The molecular formula is C30H31N3O4S2. The zero-order chi connectivity index (χ0) is 27.5. The number of carbonyl (C=O) groups excluding carboxylic acids is 2. The third-order valence-electron chi connectivity index (χ3n) is 7.05. The van der Waals surface area contributed by atoms with Gasteiger partial charge < -0.3 is 14.4 Å². The van der Waals surface area contributed by atoms with Crippen LogP contribution in [0.15, 0.2) is 53.4 Å². The van der Waals surface area contributed by atoms with Gasteiger partial charge in [-0.25, -0.2) is 4.98 Å². The lowest BCUT2D eigenvalue weighted by Gasteiger charge is -2.32. The molecule has 9 heteroatoms. The van der Waals surface area contributed by atoms with Gasteiger partial charge in [0.25, 0.3) is 5.91 Å². The summed E-state index contributed by atoms with van der Waals surface area (Å²) in [5.41, 5.74) is 3.88. The Hall–Kier alpha value is -3.43. The molecule has 39 heavy (non-hydrogen) atoms. The third-order valence-corrected chi connectivity index (χ3v) is 8.43. The second-order valence-corrected chi connectivity index (χ2v) is 11.4. The Kier molecular flexibility index (Phi) is 8.18.